The number of rotatable bonds is 9. The van der Waals surface area contributed by atoms with Gasteiger partial charge in [-0.3, -0.25) is 9.59 Å². The Morgan fingerprint density at radius 2 is 1.79 bits per heavy atom. The summed E-state index contributed by atoms with van der Waals surface area (Å²) in [6.07, 6.45) is 2.17. The Labute approximate surface area is 150 Å². The summed E-state index contributed by atoms with van der Waals surface area (Å²) in [5.74, 6) is 0.399. The van der Waals surface area contributed by atoms with Crippen molar-refractivity contribution in [3.63, 3.8) is 0 Å². The largest absolute Gasteiger partial charge is 0.497 e. The Bertz CT molecular complexity index is 532. The van der Waals surface area contributed by atoms with Gasteiger partial charge in [-0.2, -0.15) is 0 Å². The molecule has 0 spiro atoms. The molecule has 0 aliphatic heterocycles. The first kappa shape index (κ1) is 22.1. The van der Waals surface area contributed by atoms with Crippen molar-refractivity contribution in [2.45, 2.75) is 39.5 Å². The van der Waals surface area contributed by atoms with Crippen LogP contribution in [0, 0.1) is 0 Å². The van der Waals surface area contributed by atoms with Gasteiger partial charge < -0.3 is 20.7 Å². The lowest BCUT2D eigenvalue weighted by Crippen LogP contribution is -2.33. The average molecular weight is 358 g/mol. The monoisotopic (exact) mass is 357 g/mol. The van der Waals surface area contributed by atoms with Crippen LogP contribution in [0.5, 0.6) is 5.75 Å². The number of carbonyl (C=O) groups is 2. The number of anilines is 2. The molecule has 0 unspecified atom stereocenters. The molecule has 0 radical (unpaired) electrons. The average Bonchev–Trinajstić information content (AvgIpc) is 2.54. The zero-order valence-electron chi connectivity index (χ0n) is 14.6. The fourth-order valence-corrected chi connectivity index (χ4v) is 2.26. The molecular formula is C17H28ClN3O3. The van der Waals surface area contributed by atoms with E-state index < -0.39 is 0 Å². The van der Waals surface area contributed by atoms with Crippen molar-refractivity contribution in [3.05, 3.63) is 18.2 Å². The van der Waals surface area contributed by atoms with Crippen molar-refractivity contribution in [3.8, 4) is 5.75 Å². The van der Waals surface area contributed by atoms with E-state index in [1.807, 2.05) is 18.7 Å². The van der Waals surface area contributed by atoms with Gasteiger partial charge in [0, 0.05) is 32.0 Å². The fourth-order valence-electron chi connectivity index (χ4n) is 2.26. The number of halogens is 1. The molecule has 1 aromatic carbocycles. The molecular weight excluding hydrogens is 330 g/mol. The van der Waals surface area contributed by atoms with Crippen LogP contribution in [0.3, 0.4) is 0 Å². The van der Waals surface area contributed by atoms with Gasteiger partial charge in [0.1, 0.15) is 5.75 Å². The Kier molecular flexibility index (Phi) is 10.6. The molecule has 136 valence electrons. The number of hydrogen-bond donors (Lipinski definition) is 2. The summed E-state index contributed by atoms with van der Waals surface area (Å²) < 4.78 is 5.11. The van der Waals surface area contributed by atoms with Gasteiger partial charge in [-0.25, -0.2) is 0 Å². The molecule has 1 rings (SSSR count). The standard InChI is InChI=1S/C17H27N3O3.ClH/c1-4-10-20(11-5-2)17(22)9-8-16(21)19-15-12-13(23-3)6-7-14(15)18;/h6-7,12H,4-5,8-11,18H2,1-3H3,(H,19,21);1H. The Morgan fingerprint density at radius 1 is 1.17 bits per heavy atom. The number of ether oxygens (including phenoxy) is 1. The number of carbonyl (C=O) groups excluding carboxylic acids is 2. The third-order valence-corrected chi connectivity index (χ3v) is 3.44. The van der Waals surface area contributed by atoms with Crippen LogP contribution in [0.15, 0.2) is 18.2 Å². The number of hydrogen-bond acceptors (Lipinski definition) is 4. The minimum Gasteiger partial charge on any atom is -0.497 e. The van der Waals surface area contributed by atoms with Gasteiger partial charge in [0.05, 0.1) is 18.5 Å². The highest BCUT2D eigenvalue weighted by atomic mass is 35.5. The first-order valence-electron chi connectivity index (χ1n) is 8.02. The second-order valence-electron chi connectivity index (χ2n) is 5.38. The predicted molar refractivity (Wildman–Crippen MR) is 99.7 cm³/mol. The Balaban J connectivity index is 0.00000529. The van der Waals surface area contributed by atoms with Gasteiger partial charge >= 0.3 is 0 Å². The maximum absolute atomic E-state index is 12.1. The van der Waals surface area contributed by atoms with Crippen LogP contribution >= 0.6 is 12.4 Å². The molecule has 0 aliphatic carbocycles. The van der Waals surface area contributed by atoms with Crippen LogP contribution in [-0.4, -0.2) is 36.9 Å². The second-order valence-corrected chi connectivity index (χ2v) is 5.38. The molecule has 0 fully saturated rings. The highest BCUT2D eigenvalue weighted by molar-refractivity contribution is 5.95. The molecule has 0 bridgehead atoms. The van der Waals surface area contributed by atoms with E-state index in [1.165, 1.54) is 0 Å². The zero-order valence-corrected chi connectivity index (χ0v) is 15.4. The maximum Gasteiger partial charge on any atom is 0.224 e. The van der Waals surface area contributed by atoms with E-state index in [4.69, 9.17) is 10.5 Å². The van der Waals surface area contributed by atoms with E-state index in [1.54, 1.807) is 25.3 Å². The molecule has 2 amide bonds. The third-order valence-electron chi connectivity index (χ3n) is 3.44. The summed E-state index contributed by atoms with van der Waals surface area (Å²) in [6.45, 7) is 5.54. The van der Waals surface area contributed by atoms with E-state index in [2.05, 4.69) is 5.32 Å². The Morgan fingerprint density at radius 3 is 2.33 bits per heavy atom. The number of methoxy groups -OCH3 is 1. The maximum atomic E-state index is 12.1. The van der Waals surface area contributed by atoms with E-state index in [0.717, 1.165) is 25.9 Å². The van der Waals surface area contributed by atoms with Crippen molar-refractivity contribution >= 4 is 35.6 Å². The van der Waals surface area contributed by atoms with Gasteiger partial charge in [-0.15, -0.1) is 12.4 Å². The zero-order chi connectivity index (χ0) is 17.2. The van der Waals surface area contributed by atoms with Gasteiger partial charge in [0.25, 0.3) is 0 Å². The number of nitrogens with two attached hydrogens (primary N) is 1. The van der Waals surface area contributed by atoms with E-state index in [9.17, 15) is 9.59 Å². The molecule has 7 heteroatoms. The van der Waals surface area contributed by atoms with Crippen molar-refractivity contribution < 1.29 is 14.3 Å². The van der Waals surface area contributed by atoms with Gasteiger partial charge in [0.15, 0.2) is 0 Å². The number of nitrogens with zero attached hydrogens (tertiary/aromatic N) is 1. The highest BCUT2D eigenvalue weighted by Gasteiger charge is 2.14. The lowest BCUT2D eigenvalue weighted by Gasteiger charge is -2.21. The highest BCUT2D eigenvalue weighted by Crippen LogP contribution is 2.24. The first-order chi connectivity index (χ1) is 11.0. The molecule has 0 saturated heterocycles. The Hall–Kier alpha value is -1.95. The minimum atomic E-state index is -0.230. The number of nitrogens with one attached hydrogen (secondary N) is 1. The van der Waals surface area contributed by atoms with Gasteiger partial charge in [-0.1, -0.05) is 13.8 Å². The smallest absolute Gasteiger partial charge is 0.224 e. The predicted octanol–water partition coefficient (Wildman–Crippen LogP) is 3.07. The number of amides is 2. The van der Waals surface area contributed by atoms with Crippen LogP contribution in [0.1, 0.15) is 39.5 Å². The minimum absolute atomic E-state index is 0. The lowest BCUT2D eigenvalue weighted by molar-refractivity contribution is -0.132. The quantitative estimate of drug-likeness (QED) is 0.665. The van der Waals surface area contributed by atoms with Crippen LogP contribution in [0.4, 0.5) is 11.4 Å². The summed E-state index contributed by atoms with van der Waals surface area (Å²) in [7, 11) is 1.55. The number of nitrogen functional groups attached to an aromatic ring is 1. The molecule has 0 aromatic heterocycles. The number of benzene rings is 1. The summed E-state index contributed by atoms with van der Waals surface area (Å²) in [5.41, 5.74) is 6.79. The van der Waals surface area contributed by atoms with Crippen molar-refractivity contribution in [2.24, 2.45) is 0 Å². The molecule has 1 aromatic rings. The van der Waals surface area contributed by atoms with Gasteiger partial charge in [-0.05, 0) is 25.0 Å². The lowest BCUT2D eigenvalue weighted by atomic mass is 10.2. The normalized spacial score (nSPS) is 9.79. The summed E-state index contributed by atoms with van der Waals surface area (Å²) in [6, 6.07) is 5.06. The molecule has 0 heterocycles. The fraction of sp³-hybridized carbons (Fsp3) is 0.529. The third kappa shape index (κ3) is 7.08. The molecule has 24 heavy (non-hydrogen) atoms. The molecule has 0 saturated carbocycles. The van der Waals surface area contributed by atoms with Crippen LogP contribution in [-0.2, 0) is 9.59 Å². The molecule has 3 N–H and O–H groups in total. The van der Waals surface area contributed by atoms with Gasteiger partial charge in [0.2, 0.25) is 11.8 Å². The molecule has 0 aliphatic rings. The van der Waals surface area contributed by atoms with E-state index in [0.29, 0.717) is 17.1 Å². The van der Waals surface area contributed by atoms with E-state index >= 15 is 0 Å². The summed E-state index contributed by atoms with van der Waals surface area (Å²) in [4.78, 5) is 26.0. The van der Waals surface area contributed by atoms with E-state index in [-0.39, 0.29) is 37.1 Å². The van der Waals surface area contributed by atoms with Crippen LogP contribution < -0.4 is 15.8 Å². The summed E-state index contributed by atoms with van der Waals surface area (Å²) in [5, 5.41) is 2.73. The van der Waals surface area contributed by atoms with Crippen molar-refractivity contribution in [2.75, 3.05) is 31.2 Å². The van der Waals surface area contributed by atoms with Crippen molar-refractivity contribution in [1.29, 1.82) is 0 Å². The molecule has 6 nitrogen and oxygen atoms in total. The van der Waals surface area contributed by atoms with Crippen molar-refractivity contribution in [1.82, 2.24) is 4.90 Å². The SMILES string of the molecule is CCCN(CCC)C(=O)CCC(=O)Nc1cc(OC)ccc1N.Cl. The second kappa shape index (κ2) is 11.6. The van der Waals surface area contributed by atoms with Crippen LogP contribution in [0.25, 0.3) is 0 Å². The van der Waals surface area contributed by atoms with Crippen LogP contribution in [0.2, 0.25) is 0 Å². The topological polar surface area (TPSA) is 84.7 Å². The molecule has 0 atom stereocenters. The summed E-state index contributed by atoms with van der Waals surface area (Å²) >= 11 is 0. The first-order valence-corrected chi connectivity index (χ1v) is 8.02.